The van der Waals surface area contributed by atoms with E-state index in [1.807, 2.05) is 24.3 Å². The van der Waals surface area contributed by atoms with Crippen LogP contribution in [0.25, 0.3) is 28.0 Å². The van der Waals surface area contributed by atoms with Gasteiger partial charge in [0.05, 0.1) is 10.6 Å². The lowest BCUT2D eigenvalue weighted by atomic mass is 9.91. The maximum absolute atomic E-state index is 13.6. The molecule has 7 heteroatoms. The fraction of sp³-hybridized carbons (Fsp3) is 0.258. The van der Waals surface area contributed by atoms with Gasteiger partial charge in [-0.05, 0) is 89.6 Å². The van der Waals surface area contributed by atoms with Crippen LogP contribution in [0.3, 0.4) is 0 Å². The van der Waals surface area contributed by atoms with Crippen molar-refractivity contribution in [1.29, 1.82) is 0 Å². The molecule has 2 aromatic heterocycles. The summed E-state index contributed by atoms with van der Waals surface area (Å²) in [6, 6.07) is 17.9. The molecule has 4 aromatic rings. The number of nitrogens with one attached hydrogen (secondary N) is 1. The summed E-state index contributed by atoms with van der Waals surface area (Å²) in [7, 11) is -3.19. The molecule has 5 nitrogen and oxygen atoms in total. The van der Waals surface area contributed by atoms with Gasteiger partial charge in [0.15, 0.2) is 9.84 Å². The van der Waals surface area contributed by atoms with Crippen LogP contribution < -0.4 is 0 Å². The van der Waals surface area contributed by atoms with Crippen molar-refractivity contribution in [2.24, 2.45) is 0 Å². The smallest absolute Gasteiger partial charge is 0.175 e. The van der Waals surface area contributed by atoms with E-state index in [1.54, 1.807) is 36.7 Å². The van der Waals surface area contributed by atoms with Crippen LogP contribution in [0.15, 0.2) is 90.2 Å². The topological polar surface area (TPSA) is 66.1 Å². The zero-order chi connectivity index (χ0) is 26.7. The van der Waals surface area contributed by atoms with Gasteiger partial charge >= 0.3 is 0 Å². The minimum atomic E-state index is -3.19. The molecule has 1 atom stereocenters. The van der Waals surface area contributed by atoms with Gasteiger partial charge in [0.1, 0.15) is 5.82 Å². The number of pyridine rings is 1. The zero-order valence-electron chi connectivity index (χ0n) is 21.7. The lowest BCUT2D eigenvalue weighted by Crippen LogP contribution is -2.32. The third-order valence-electron chi connectivity index (χ3n) is 7.37. The van der Waals surface area contributed by atoms with Gasteiger partial charge in [-0.1, -0.05) is 25.1 Å². The Bertz CT molecular complexity index is 1530. The highest BCUT2D eigenvalue weighted by Gasteiger charge is 2.22. The summed E-state index contributed by atoms with van der Waals surface area (Å²) in [6.07, 6.45) is 11.1. The molecule has 5 rings (SSSR count). The van der Waals surface area contributed by atoms with Crippen molar-refractivity contribution < 1.29 is 12.8 Å². The number of hydrogen-bond donors (Lipinski definition) is 1. The molecule has 0 spiro atoms. The third kappa shape index (κ3) is 5.64. The van der Waals surface area contributed by atoms with Gasteiger partial charge in [0, 0.05) is 55.6 Å². The average molecular weight is 530 g/mol. The second-order valence-electron chi connectivity index (χ2n) is 9.88. The molecule has 0 fully saturated rings. The highest BCUT2D eigenvalue weighted by molar-refractivity contribution is 7.90. The van der Waals surface area contributed by atoms with Gasteiger partial charge in [-0.3, -0.25) is 9.88 Å². The van der Waals surface area contributed by atoms with E-state index in [4.69, 9.17) is 0 Å². The van der Waals surface area contributed by atoms with Crippen molar-refractivity contribution in [3.8, 4) is 22.4 Å². The summed E-state index contributed by atoms with van der Waals surface area (Å²) in [6.45, 7) is 4.89. The first-order valence-corrected chi connectivity index (χ1v) is 14.8. The molecule has 0 amide bonds. The Morgan fingerprint density at radius 1 is 1.00 bits per heavy atom. The number of aromatic nitrogens is 2. The number of sulfone groups is 1. The van der Waals surface area contributed by atoms with Crippen LogP contribution in [0, 0.1) is 5.82 Å². The number of halogens is 1. The molecule has 0 saturated carbocycles. The summed E-state index contributed by atoms with van der Waals surface area (Å²) in [5.74, 6) is 0.0843. The quantitative estimate of drug-likeness (QED) is 0.280. The molecule has 3 heterocycles. The lowest BCUT2D eigenvalue weighted by Gasteiger charge is -2.30. The van der Waals surface area contributed by atoms with Crippen molar-refractivity contribution in [2.45, 2.75) is 30.6 Å². The van der Waals surface area contributed by atoms with E-state index in [9.17, 15) is 12.8 Å². The van der Waals surface area contributed by atoms with Gasteiger partial charge in [0.25, 0.3) is 0 Å². The first-order valence-electron chi connectivity index (χ1n) is 12.9. The standard InChI is InChI=1S/C31H32FN3O2S/c1-3-22(23-6-10-28(11-7-23)38(2,36)37)21-35-18-14-24(15-19-35)29-20-34-31(26-4-8-27(32)9-5-26)30(29)25-12-16-33-17-13-25/h4-14,16-17,20,22,34H,3,15,18-19,21H2,1-2H3. The maximum atomic E-state index is 13.6. The molecule has 38 heavy (non-hydrogen) atoms. The molecule has 0 aliphatic carbocycles. The van der Waals surface area contributed by atoms with Crippen molar-refractivity contribution in [1.82, 2.24) is 14.9 Å². The first kappa shape index (κ1) is 26.1. The fourth-order valence-corrected chi connectivity index (χ4v) is 5.86. The number of benzene rings is 2. The van der Waals surface area contributed by atoms with Crippen molar-refractivity contribution in [3.63, 3.8) is 0 Å². The van der Waals surface area contributed by atoms with Crippen LogP contribution in [-0.2, 0) is 9.84 Å². The molecule has 0 bridgehead atoms. The molecule has 1 aliphatic rings. The Morgan fingerprint density at radius 3 is 2.32 bits per heavy atom. The summed E-state index contributed by atoms with van der Waals surface area (Å²) >= 11 is 0. The molecular weight excluding hydrogens is 497 g/mol. The minimum absolute atomic E-state index is 0.252. The van der Waals surface area contributed by atoms with Gasteiger partial charge < -0.3 is 4.98 Å². The van der Waals surface area contributed by atoms with Crippen LogP contribution in [0.1, 0.15) is 36.8 Å². The van der Waals surface area contributed by atoms with E-state index < -0.39 is 9.84 Å². The summed E-state index contributed by atoms with van der Waals surface area (Å²) in [5.41, 5.74) is 7.72. The van der Waals surface area contributed by atoms with Crippen molar-refractivity contribution >= 4 is 15.4 Å². The highest BCUT2D eigenvalue weighted by Crippen LogP contribution is 2.39. The predicted molar refractivity (Wildman–Crippen MR) is 151 cm³/mol. The molecular formula is C31H32FN3O2S. The van der Waals surface area contributed by atoms with E-state index in [-0.39, 0.29) is 5.82 Å². The van der Waals surface area contributed by atoms with E-state index in [0.29, 0.717) is 10.8 Å². The van der Waals surface area contributed by atoms with Gasteiger partial charge in [-0.25, -0.2) is 12.8 Å². The van der Waals surface area contributed by atoms with E-state index >= 15 is 0 Å². The third-order valence-corrected chi connectivity index (χ3v) is 8.50. The van der Waals surface area contributed by atoms with E-state index in [1.165, 1.54) is 35.1 Å². The fourth-order valence-electron chi connectivity index (χ4n) is 5.23. The minimum Gasteiger partial charge on any atom is -0.360 e. The average Bonchev–Trinajstić information content (AvgIpc) is 3.38. The van der Waals surface area contributed by atoms with Crippen molar-refractivity contribution in [3.05, 3.63) is 102 Å². The Morgan fingerprint density at radius 2 is 1.71 bits per heavy atom. The van der Waals surface area contributed by atoms with Gasteiger partial charge in [0.2, 0.25) is 0 Å². The second-order valence-corrected chi connectivity index (χ2v) is 11.9. The molecule has 1 N–H and O–H groups in total. The van der Waals surface area contributed by atoms with Crippen LogP contribution in [0.5, 0.6) is 0 Å². The maximum Gasteiger partial charge on any atom is 0.175 e. The van der Waals surface area contributed by atoms with Gasteiger partial charge in [-0.2, -0.15) is 0 Å². The van der Waals surface area contributed by atoms with E-state index in [0.717, 1.165) is 54.9 Å². The monoisotopic (exact) mass is 529 g/mol. The molecule has 1 aliphatic heterocycles. The lowest BCUT2D eigenvalue weighted by molar-refractivity contribution is 0.278. The SMILES string of the molecule is CCC(CN1CC=C(c2c[nH]c(-c3ccc(F)cc3)c2-c2ccncc2)CC1)c1ccc(S(C)(=O)=O)cc1. The van der Waals surface area contributed by atoms with Gasteiger partial charge in [-0.15, -0.1) is 0 Å². The predicted octanol–water partition coefficient (Wildman–Crippen LogP) is 6.57. The van der Waals surface area contributed by atoms with Crippen molar-refractivity contribution in [2.75, 3.05) is 25.9 Å². The second kappa shape index (κ2) is 11.1. The number of hydrogen-bond acceptors (Lipinski definition) is 4. The molecule has 1 unspecified atom stereocenters. The molecule has 2 aromatic carbocycles. The normalized spacial score (nSPS) is 15.3. The Hall–Kier alpha value is -3.55. The van der Waals surface area contributed by atoms with Crippen LogP contribution in [0.2, 0.25) is 0 Å². The Kier molecular flexibility index (Phi) is 7.58. The number of rotatable bonds is 8. The highest BCUT2D eigenvalue weighted by atomic mass is 32.2. The number of H-pyrrole nitrogens is 1. The first-order chi connectivity index (χ1) is 18.3. The van der Waals surface area contributed by atoms with Crippen LogP contribution in [-0.4, -0.2) is 49.2 Å². The summed E-state index contributed by atoms with van der Waals surface area (Å²) in [4.78, 5) is 10.5. The molecule has 0 radical (unpaired) electrons. The van der Waals surface area contributed by atoms with E-state index in [2.05, 4.69) is 34.1 Å². The summed E-state index contributed by atoms with van der Waals surface area (Å²) in [5, 5.41) is 0. The number of aromatic amines is 1. The zero-order valence-corrected chi connectivity index (χ0v) is 22.5. The summed E-state index contributed by atoms with van der Waals surface area (Å²) < 4.78 is 37.2. The molecule has 196 valence electrons. The molecule has 0 saturated heterocycles. The largest absolute Gasteiger partial charge is 0.360 e. The Balaban J connectivity index is 1.37. The van der Waals surface area contributed by atoms with Crippen LogP contribution >= 0.6 is 0 Å². The van der Waals surface area contributed by atoms with Crippen LogP contribution in [0.4, 0.5) is 4.39 Å². The Labute approximate surface area is 224 Å². The number of nitrogens with zero attached hydrogens (tertiary/aromatic N) is 2.